The Bertz CT molecular complexity index is 1170. The summed E-state index contributed by atoms with van der Waals surface area (Å²) in [5.74, 6) is 0. The van der Waals surface area contributed by atoms with Crippen molar-refractivity contribution in [1.29, 1.82) is 0 Å². The smallest absolute Gasteiger partial charge is 0.380 e. The molecule has 12 atom stereocenters. The number of phosphoric ester groups is 2. The van der Waals surface area contributed by atoms with Gasteiger partial charge in [-0.2, -0.15) is 4.31 Å². The van der Waals surface area contributed by atoms with Crippen LogP contribution in [0.2, 0.25) is 0 Å². The van der Waals surface area contributed by atoms with Crippen LogP contribution in [-0.2, 0) is 64.1 Å². The van der Waals surface area contributed by atoms with Gasteiger partial charge in [0.15, 0.2) is 0 Å². The molecule has 0 bridgehead atoms. The van der Waals surface area contributed by atoms with Crippen LogP contribution >= 0.6 is 31.1 Å². The van der Waals surface area contributed by atoms with E-state index in [2.05, 4.69) is 4.31 Å². The van der Waals surface area contributed by atoms with Gasteiger partial charge in [-0.3, -0.25) is 18.1 Å². The quantitative estimate of drug-likeness (QED) is 0.0785. The summed E-state index contributed by atoms with van der Waals surface area (Å²) < 4.78 is 102. The van der Waals surface area contributed by atoms with Gasteiger partial charge in [0.1, 0.15) is 39.8 Å². The Hall–Kier alpha value is 0.750. The molecule has 0 aliphatic carbocycles. The van der Waals surface area contributed by atoms with E-state index in [0.29, 0.717) is 13.6 Å². The van der Waals surface area contributed by atoms with Crippen molar-refractivity contribution >= 4 is 75.8 Å². The molecule has 45 heavy (non-hydrogen) atoms. The van der Waals surface area contributed by atoms with Crippen LogP contribution in [0.4, 0.5) is 0 Å². The molecular weight excluding hydrogens is 681 g/mol. The summed E-state index contributed by atoms with van der Waals surface area (Å²) in [6.07, 6.45) is -3.68. The first-order chi connectivity index (χ1) is 20.7. The number of hydrogen-bond donors (Lipinski definition) is 4. The lowest BCUT2D eigenvalue weighted by Crippen LogP contribution is -2.33. The van der Waals surface area contributed by atoms with Gasteiger partial charge in [-0.15, -0.1) is 0 Å². The predicted octanol–water partition coefficient (Wildman–Crippen LogP) is -3.75. The monoisotopic (exact) mass is 722 g/mol. The third-order valence-electron chi connectivity index (χ3n) is 7.48. The van der Waals surface area contributed by atoms with Gasteiger partial charge in [0.2, 0.25) is 0 Å². The van der Waals surface area contributed by atoms with Crippen LogP contribution in [0.1, 0.15) is 19.3 Å². The lowest BCUT2D eigenvalue weighted by molar-refractivity contribution is -0.0336. The SMILES string of the molecule is BBC1CC(OP(=O)(O)OCC2OC(B)CC2OC)C(COP(C)(=O)OC2CC(B(B)B)OC2COP(=O)(O)OP(=O)(O)O)O1. The minimum Gasteiger partial charge on any atom is -0.380 e. The predicted molar refractivity (Wildman–Crippen MR) is 172 cm³/mol. The normalized spacial score (nSPS) is 36.3. The number of ether oxygens (including phenoxy) is 4. The molecule has 3 heterocycles. The third-order valence-corrected chi connectivity index (χ3v) is 11.9. The second-order valence-corrected chi connectivity index (χ2v) is 17.8. The zero-order valence-electron chi connectivity index (χ0n) is 26.0. The summed E-state index contributed by atoms with van der Waals surface area (Å²) in [5, 5.41) is 0. The van der Waals surface area contributed by atoms with E-state index in [1.165, 1.54) is 13.8 Å². The van der Waals surface area contributed by atoms with E-state index < -0.39 is 74.2 Å². The van der Waals surface area contributed by atoms with Crippen molar-refractivity contribution in [3.8, 4) is 0 Å². The zero-order chi connectivity index (χ0) is 33.8. The van der Waals surface area contributed by atoms with Crippen molar-refractivity contribution in [3.05, 3.63) is 0 Å². The molecule has 18 nitrogen and oxygen atoms in total. The minimum atomic E-state index is -5.33. The molecule has 3 aliphatic rings. The van der Waals surface area contributed by atoms with Gasteiger partial charge in [-0.1, -0.05) is 0 Å². The standard InChI is InChI=1S/C17H40B6O18P4/c1-32-9-3-15(18)36-12(9)7-34-44(28,29)40-10-4-16(22-19)37-13(10)6-33-42(2,24)39-11-5-17(23(20)21)38-14(11)8-35-45(30,31)41-43(25,26)27/h9-17,22H,3-8,18-21H2,1-2H3,(H,28,29)(H,30,31)(H2,25,26,27). The van der Waals surface area contributed by atoms with Crippen LogP contribution in [0.3, 0.4) is 0 Å². The molecule has 3 aliphatic heterocycles. The molecule has 3 saturated heterocycles. The van der Waals surface area contributed by atoms with Gasteiger partial charge >= 0.3 is 31.1 Å². The number of phosphoric acid groups is 3. The Balaban J connectivity index is 1.59. The fourth-order valence-electron chi connectivity index (χ4n) is 5.25. The molecule has 4 N–H and O–H groups in total. The summed E-state index contributed by atoms with van der Waals surface area (Å²) >= 11 is 0. The maximum absolute atomic E-state index is 13.4. The van der Waals surface area contributed by atoms with Gasteiger partial charge in [0.25, 0.3) is 0 Å². The van der Waals surface area contributed by atoms with Crippen LogP contribution in [0, 0.1) is 0 Å². The molecule has 254 valence electrons. The van der Waals surface area contributed by atoms with Crippen LogP contribution in [0.25, 0.3) is 0 Å². The fourth-order valence-corrected chi connectivity index (χ4v) is 9.00. The van der Waals surface area contributed by atoms with Crippen LogP contribution in [0.15, 0.2) is 0 Å². The van der Waals surface area contributed by atoms with Crippen LogP contribution < -0.4 is 0 Å². The molecule has 0 aromatic heterocycles. The Morgan fingerprint density at radius 3 is 1.93 bits per heavy atom. The highest BCUT2D eigenvalue weighted by atomic mass is 31.3. The first-order valence-electron chi connectivity index (χ1n) is 14.5. The molecule has 0 aromatic rings. The second kappa shape index (κ2) is 16.6. The zero-order valence-corrected chi connectivity index (χ0v) is 29.6. The molecule has 3 fully saturated rings. The largest absolute Gasteiger partial charge is 0.481 e. The Labute approximate surface area is 266 Å². The molecule has 0 saturated carbocycles. The average Bonchev–Trinajstić information content (AvgIpc) is 3.59. The maximum Gasteiger partial charge on any atom is 0.481 e. The van der Waals surface area contributed by atoms with Crippen molar-refractivity contribution in [3.63, 3.8) is 0 Å². The molecule has 3 rings (SSSR count). The van der Waals surface area contributed by atoms with Gasteiger partial charge in [-0.05, 0) is 19.3 Å². The van der Waals surface area contributed by atoms with E-state index in [1.54, 1.807) is 0 Å². The second-order valence-electron chi connectivity index (χ2n) is 11.6. The van der Waals surface area contributed by atoms with Crippen molar-refractivity contribution < 1.29 is 83.7 Å². The molecular formula is C17H40B6O18P4. The van der Waals surface area contributed by atoms with E-state index in [1.807, 2.05) is 31.1 Å². The van der Waals surface area contributed by atoms with Crippen molar-refractivity contribution in [1.82, 2.24) is 0 Å². The molecule has 0 aromatic carbocycles. The van der Waals surface area contributed by atoms with Crippen molar-refractivity contribution in [2.75, 3.05) is 33.6 Å². The van der Waals surface area contributed by atoms with Gasteiger partial charge in [0, 0.05) is 31.8 Å². The number of methoxy groups -OCH3 is 1. The number of rotatable bonds is 18. The van der Waals surface area contributed by atoms with E-state index >= 15 is 0 Å². The Kier molecular flexibility index (Phi) is 14.9. The topological polar surface area (TPSA) is 241 Å². The molecule has 0 amide bonds. The van der Waals surface area contributed by atoms with E-state index in [4.69, 9.17) is 51.4 Å². The summed E-state index contributed by atoms with van der Waals surface area (Å²) in [6.45, 7) is -0.0962. The highest BCUT2D eigenvalue weighted by molar-refractivity contribution is 7.60. The average molecular weight is 721 g/mol. The first-order valence-corrected chi connectivity index (χ1v) is 21.0. The summed E-state index contributed by atoms with van der Waals surface area (Å²) in [5.41, 5.74) is 0. The van der Waals surface area contributed by atoms with E-state index in [-0.39, 0.29) is 50.7 Å². The van der Waals surface area contributed by atoms with Crippen LogP contribution in [0.5, 0.6) is 0 Å². The maximum atomic E-state index is 13.4. The van der Waals surface area contributed by atoms with Gasteiger partial charge in [-0.25, -0.2) is 13.7 Å². The number of hydrogen-bond acceptors (Lipinski definition) is 14. The molecule has 12 unspecified atom stereocenters. The van der Waals surface area contributed by atoms with Gasteiger partial charge < -0.3 is 47.6 Å². The van der Waals surface area contributed by atoms with Crippen LogP contribution in [-0.4, -0.2) is 153 Å². The van der Waals surface area contributed by atoms with Crippen molar-refractivity contribution in [2.24, 2.45) is 0 Å². The first kappa shape index (κ1) is 40.2. The molecule has 28 heteroatoms. The highest BCUT2D eigenvalue weighted by Crippen LogP contribution is 2.58. The van der Waals surface area contributed by atoms with E-state index in [9.17, 15) is 28.0 Å². The molecule has 0 radical (unpaired) electrons. The summed E-state index contributed by atoms with van der Waals surface area (Å²) in [4.78, 5) is 37.7. The van der Waals surface area contributed by atoms with Gasteiger partial charge in [0.05, 0.1) is 61.3 Å². The lowest BCUT2D eigenvalue weighted by atomic mass is 9.16. The van der Waals surface area contributed by atoms with Crippen molar-refractivity contribution in [2.45, 2.75) is 73.9 Å². The Morgan fingerprint density at radius 2 is 1.36 bits per heavy atom. The summed E-state index contributed by atoms with van der Waals surface area (Å²) in [6, 6.07) is -0.863. The van der Waals surface area contributed by atoms with E-state index in [0.717, 1.165) is 0 Å². The summed E-state index contributed by atoms with van der Waals surface area (Å²) in [7, 11) is -9.46. The Morgan fingerprint density at radius 1 is 0.800 bits per heavy atom. The third kappa shape index (κ3) is 13.2. The highest BCUT2D eigenvalue weighted by Gasteiger charge is 2.45. The molecule has 0 spiro atoms. The minimum absolute atomic E-state index is 0.0401. The fraction of sp³-hybridized carbons (Fsp3) is 1.00. The lowest BCUT2D eigenvalue weighted by Gasteiger charge is -2.26.